The number of hydrogen-bond acceptors (Lipinski definition) is 1. The van der Waals surface area contributed by atoms with Crippen LogP contribution < -0.4 is 5.32 Å². The van der Waals surface area contributed by atoms with Crippen LogP contribution in [0.25, 0.3) is 0 Å². The Balaban J connectivity index is 4.43. The normalized spacial score (nSPS) is 13.9. The molecule has 13 heavy (non-hydrogen) atoms. The predicted octanol–water partition coefficient (Wildman–Crippen LogP) is 2.56. The van der Waals surface area contributed by atoms with E-state index in [2.05, 4.69) is 33.0 Å². The van der Waals surface area contributed by atoms with Gasteiger partial charge in [0.05, 0.1) is 8.07 Å². The lowest BCUT2D eigenvalue weighted by atomic mass is 10.6. The fourth-order valence-electron chi connectivity index (χ4n) is 2.13. The SMILES string of the molecule is CC[Si](CC)(CC)C(C)NC(C)=O. The van der Waals surface area contributed by atoms with Crippen LogP contribution in [0.15, 0.2) is 0 Å². The quantitative estimate of drug-likeness (QED) is 0.681. The predicted molar refractivity (Wildman–Crippen MR) is 60.5 cm³/mol. The maximum atomic E-state index is 11.0. The first kappa shape index (κ1) is 12.7. The molecule has 0 saturated heterocycles. The van der Waals surface area contributed by atoms with Gasteiger partial charge in [0.25, 0.3) is 0 Å². The van der Waals surface area contributed by atoms with Gasteiger partial charge in [-0.1, -0.05) is 38.9 Å². The van der Waals surface area contributed by atoms with Gasteiger partial charge in [-0.05, 0) is 6.92 Å². The summed E-state index contributed by atoms with van der Waals surface area (Å²) in [7, 11) is -1.22. The van der Waals surface area contributed by atoms with Gasteiger partial charge in [-0.25, -0.2) is 0 Å². The van der Waals surface area contributed by atoms with Crippen LogP contribution in [0.1, 0.15) is 34.6 Å². The average molecular weight is 201 g/mol. The Hall–Kier alpha value is -0.313. The smallest absolute Gasteiger partial charge is 0.216 e. The molecule has 0 bridgehead atoms. The Morgan fingerprint density at radius 2 is 1.62 bits per heavy atom. The van der Waals surface area contributed by atoms with E-state index in [1.807, 2.05) is 0 Å². The largest absolute Gasteiger partial charge is 0.357 e. The number of carbonyl (C=O) groups is 1. The lowest BCUT2D eigenvalue weighted by molar-refractivity contribution is -0.119. The van der Waals surface area contributed by atoms with Crippen LogP contribution in [0, 0.1) is 0 Å². The van der Waals surface area contributed by atoms with Gasteiger partial charge >= 0.3 is 0 Å². The Morgan fingerprint density at radius 1 is 1.23 bits per heavy atom. The van der Waals surface area contributed by atoms with Crippen molar-refractivity contribution in [2.24, 2.45) is 0 Å². The van der Waals surface area contributed by atoms with Crippen LogP contribution >= 0.6 is 0 Å². The van der Waals surface area contributed by atoms with E-state index in [1.54, 1.807) is 6.92 Å². The van der Waals surface area contributed by atoms with Crippen molar-refractivity contribution in [3.05, 3.63) is 0 Å². The lowest BCUT2D eigenvalue weighted by Crippen LogP contribution is -2.53. The molecule has 78 valence electrons. The Labute approximate surface area is 83.1 Å². The summed E-state index contributed by atoms with van der Waals surface area (Å²) in [5.74, 6) is 0.111. The van der Waals surface area contributed by atoms with E-state index >= 15 is 0 Å². The zero-order chi connectivity index (χ0) is 10.5. The van der Waals surface area contributed by atoms with Crippen molar-refractivity contribution in [3.63, 3.8) is 0 Å². The molecular formula is C10H23NOSi. The van der Waals surface area contributed by atoms with Crippen molar-refractivity contribution in [1.82, 2.24) is 5.32 Å². The zero-order valence-electron chi connectivity index (χ0n) is 9.61. The van der Waals surface area contributed by atoms with Crippen molar-refractivity contribution in [2.75, 3.05) is 0 Å². The maximum absolute atomic E-state index is 11.0. The average Bonchev–Trinajstić information content (AvgIpc) is 2.07. The molecule has 0 aliphatic heterocycles. The molecule has 0 heterocycles. The van der Waals surface area contributed by atoms with Crippen LogP contribution in [0.4, 0.5) is 0 Å². The van der Waals surface area contributed by atoms with E-state index in [-0.39, 0.29) is 5.91 Å². The minimum absolute atomic E-state index is 0.111. The van der Waals surface area contributed by atoms with E-state index in [0.717, 1.165) is 0 Å². The molecule has 2 nitrogen and oxygen atoms in total. The van der Waals surface area contributed by atoms with Crippen molar-refractivity contribution in [1.29, 1.82) is 0 Å². The van der Waals surface area contributed by atoms with Crippen LogP contribution in [0.3, 0.4) is 0 Å². The molecule has 0 aromatic rings. The number of carbonyl (C=O) groups excluding carboxylic acids is 1. The minimum atomic E-state index is -1.22. The molecule has 0 spiro atoms. The summed E-state index contributed by atoms with van der Waals surface area (Å²) >= 11 is 0. The van der Waals surface area contributed by atoms with E-state index in [9.17, 15) is 4.79 Å². The summed E-state index contributed by atoms with van der Waals surface area (Å²) in [4.78, 5) is 11.0. The molecule has 0 rings (SSSR count). The van der Waals surface area contributed by atoms with Gasteiger partial charge in [0.2, 0.25) is 5.91 Å². The van der Waals surface area contributed by atoms with Crippen molar-refractivity contribution in [3.8, 4) is 0 Å². The Bertz CT molecular complexity index is 158. The second kappa shape index (κ2) is 5.42. The molecule has 1 amide bonds. The van der Waals surface area contributed by atoms with Gasteiger partial charge in [0.15, 0.2) is 0 Å². The molecule has 0 aromatic carbocycles. The maximum Gasteiger partial charge on any atom is 0.216 e. The third kappa shape index (κ3) is 3.14. The van der Waals surface area contributed by atoms with Gasteiger partial charge in [-0.15, -0.1) is 0 Å². The van der Waals surface area contributed by atoms with Crippen molar-refractivity contribution >= 4 is 14.0 Å². The first-order valence-electron chi connectivity index (χ1n) is 5.29. The second-order valence-corrected chi connectivity index (χ2v) is 9.56. The van der Waals surface area contributed by atoms with E-state index < -0.39 is 8.07 Å². The number of rotatable bonds is 5. The Morgan fingerprint density at radius 3 is 1.85 bits per heavy atom. The summed E-state index contributed by atoms with van der Waals surface area (Å²) < 4.78 is 0. The summed E-state index contributed by atoms with van der Waals surface area (Å²) in [6.07, 6.45) is 0. The van der Waals surface area contributed by atoms with Crippen molar-refractivity contribution in [2.45, 2.75) is 58.4 Å². The van der Waals surface area contributed by atoms with E-state index in [4.69, 9.17) is 0 Å². The van der Waals surface area contributed by atoms with E-state index in [0.29, 0.717) is 5.67 Å². The molecule has 0 fully saturated rings. The molecule has 0 aliphatic rings. The minimum Gasteiger partial charge on any atom is -0.357 e. The highest BCUT2D eigenvalue weighted by Crippen LogP contribution is 2.23. The van der Waals surface area contributed by atoms with Gasteiger partial charge < -0.3 is 5.32 Å². The Kier molecular flexibility index (Phi) is 5.29. The first-order valence-corrected chi connectivity index (χ1v) is 7.99. The topological polar surface area (TPSA) is 29.1 Å². The fraction of sp³-hybridized carbons (Fsp3) is 0.900. The molecule has 0 aromatic heterocycles. The van der Waals surface area contributed by atoms with Crippen LogP contribution in [-0.2, 0) is 4.79 Å². The number of nitrogens with one attached hydrogen (secondary N) is 1. The van der Waals surface area contributed by atoms with Crippen LogP contribution in [-0.4, -0.2) is 19.6 Å². The highest BCUT2D eigenvalue weighted by molar-refractivity contribution is 6.81. The molecule has 1 N–H and O–H groups in total. The third-order valence-corrected chi connectivity index (χ3v) is 9.66. The highest BCUT2D eigenvalue weighted by Gasteiger charge is 2.33. The summed E-state index contributed by atoms with van der Waals surface area (Å²) in [6.45, 7) is 10.6. The summed E-state index contributed by atoms with van der Waals surface area (Å²) in [5.41, 5.74) is 0.421. The molecule has 3 heteroatoms. The summed E-state index contributed by atoms with van der Waals surface area (Å²) in [5, 5.41) is 3.06. The third-order valence-electron chi connectivity index (χ3n) is 3.45. The molecule has 0 radical (unpaired) electrons. The van der Waals surface area contributed by atoms with Crippen molar-refractivity contribution < 1.29 is 4.79 Å². The van der Waals surface area contributed by atoms with Gasteiger partial charge in [0.1, 0.15) is 0 Å². The number of hydrogen-bond donors (Lipinski definition) is 1. The standard InChI is InChI=1S/C10H23NOSi/c1-6-13(7-2,8-3)10(5)11-9(4)12/h10H,6-8H2,1-5H3,(H,11,12). The first-order chi connectivity index (χ1) is 6.02. The van der Waals surface area contributed by atoms with Gasteiger partial charge in [0, 0.05) is 12.6 Å². The van der Waals surface area contributed by atoms with Gasteiger partial charge in [-0.2, -0.15) is 0 Å². The molecule has 1 atom stereocenters. The van der Waals surface area contributed by atoms with Crippen LogP contribution in [0.5, 0.6) is 0 Å². The second-order valence-electron chi connectivity index (χ2n) is 3.85. The van der Waals surface area contributed by atoms with Crippen LogP contribution in [0.2, 0.25) is 18.1 Å². The number of amides is 1. The van der Waals surface area contributed by atoms with Gasteiger partial charge in [-0.3, -0.25) is 4.79 Å². The monoisotopic (exact) mass is 201 g/mol. The highest BCUT2D eigenvalue weighted by atomic mass is 28.3. The van der Waals surface area contributed by atoms with E-state index in [1.165, 1.54) is 18.1 Å². The zero-order valence-corrected chi connectivity index (χ0v) is 10.6. The molecule has 1 unspecified atom stereocenters. The summed E-state index contributed by atoms with van der Waals surface area (Å²) in [6, 6.07) is 3.80. The molecule has 0 aliphatic carbocycles. The molecule has 0 saturated carbocycles. The fourth-order valence-corrected chi connectivity index (χ4v) is 5.97. The lowest BCUT2D eigenvalue weighted by Gasteiger charge is -2.35. The molecular weight excluding hydrogens is 178 g/mol.